The van der Waals surface area contributed by atoms with E-state index in [9.17, 15) is 19.5 Å². The lowest BCUT2D eigenvalue weighted by Gasteiger charge is -2.23. The van der Waals surface area contributed by atoms with Gasteiger partial charge in [-0.3, -0.25) is 14.5 Å². The zero-order valence-electron chi connectivity index (χ0n) is 25.5. The number of hydrogen-bond acceptors (Lipinski definition) is 9. The topological polar surface area (TPSA) is 115 Å². The summed E-state index contributed by atoms with van der Waals surface area (Å²) in [6.45, 7) is 6.66. The van der Waals surface area contributed by atoms with Gasteiger partial charge in [0.15, 0.2) is 5.13 Å². The highest BCUT2D eigenvalue weighted by atomic mass is 32.1. The summed E-state index contributed by atoms with van der Waals surface area (Å²) in [7, 11) is 1.26. The number of ketones is 1. The normalized spacial score (nSPS) is 15.7. The minimum Gasteiger partial charge on any atom is -0.507 e. The number of esters is 1. The molecule has 0 spiro atoms. The van der Waals surface area contributed by atoms with Gasteiger partial charge in [0, 0.05) is 5.56 Å². The van der Waals surface area contributed by atoms with Crippen LogP contribution >= 0.6 is 11.3 Å². The maximum atomic E-state index is 13.6. The third kappa shape index (κ3) is 6.61. The van der Waals surface area contributed by atoms with Gasteiger partial charge in [0.1, 0.15) is 28.7 Å². The van der Waals surface area contributed by atoms with Crippen molar-refractivity contribution in [2.24, 2.45) is 0 Å². The summed E-state index contributed by atoms with van der Waals surface area (Å²) in [5, 5.41) is 11.7. The highest BCUT2D eigenvalue weighted by Gasteiger charge is 2.48. The molecule has 5 rings (SSSR count). The molecule has 1 aliphatic heterocycles. The molecule has 0 saturated carbocycles. The molecule has 10 heteroatoms. The van der Waals surface area contributed by atoms with Gasteiger partial charge in [-0.2, -0.15) is 0 Å². The highest BCUT2D eigenvalue weighted by Crippen LogP contribution is 2.44. The molecule has 3 aromatic carbocycles. The van der Waals surface area contributed by atoms with Crippen LogP contribution in [0, 0.1) is 13.8 Å². The van der Waals surface area contributed by atoms with Crippen LogP contribution < -0.4 is 14.4 Å². The number of unbranched alkanes of at least 4 members (excludes halogenated alkanes) is 1. The van der Waals surface area contributed by atoms with Crippen LogP contribution in [-0.2, 0) is 20.9 Å². The Morgan fingerprint density at radius 1 is 0.956 bits per heavy atom. The first-order valence-electron chi connectivity index (χ1n) is 14.6. The fraction of sp³-hybridized carbons (Fsp3) is 0.257. The fourth-order valence-electron chi connectivity index (χ4n) is 4.99. The minimum absolute atomic E-state index is 0.0966. The van der Waals surface area contributed by atoms with Gasteiger partial charge >= 0.3 is 11.9 Å². The van der Waals surface area contributed by atoms with Crippen molar-refractivity contribution in [3.63, 3.8) is 0 Å². The predicted octanol–water partition coefficient (Wildman–Crippen LogP) is 6.93. The quantitative estimate of drug-likeness (QED) is 0.0627. The number of carbonyl (C=O) groups excluding carboxylic acids is 3. The number of benzene rings is 3. The van der Waals surface area contributed by atoms with Crippen molar-refractivity contribution in [2.75, 3.05) is 18.6 Å². The lowest BCUT2D eigenvalue weighted by Crippen LogP contribution is -2.29. The first-order chi connectivity index (χ1) is 21.7. The van der Waals surface area contributed by atoms with Gasteiger partial charge in [-0.25, -0.2) is 9.78 Å². The standard InChI is InChI=1S/C35H34N2O7S/c1-5-6-19-43-26-15-11-23(12-16-26)29-28(31(39)33(40)37(29)35-36-22(3)32(45-35)34(41)42-4)30(38)24-13-17-27(18-14-24)44-20-25-10-8-7-9-21(25)2/h7-18,29,38H,5-6,19-20H2,1-4H3. The lowest BCUT2D eigenvalue weighted by molar-refractivity contribution is -0.132. The first kappa shape index (κ1) is 31.5. The molecular weight excluding hydrogens is 592 g/mol. The average Bonchev–Trinajstić information content (AvgIpc) is 3.56. The number of aliphatic hydroxyl groups excluding tert-OH is 1. The van der Waals surface area contributed by atoms with Crippen LogP contribution in [0.5, 0.6) is 11.5 Å². The van der Waals surface area contributed by atoms with Crippen molar-refractivity contribution in [1.82, 2.24) is 4.98 Å². The molecular formula is C35H34N2O7S. The third-order valence-corrected chi connectivity index (χ3v) is 8.69. The largest absolute Gasteiger partial charge is 0.507 e. The number of aromatic nitrogens is 1. The van der Waals surface area contributed by atoms with Gasteiger partial charge in [0.05, 0.1) is 31.0 Å². The molecule has 0 bridgehead atoms. The lowest BCUT2D eigenvalue weighted by atomic mass is 9.95. The Morgan fingerprint density at radius 3 is 2.29 bits per heavy atom. The van der Waals surface area contributed by atoms with Gasteiger partial charge in [0.25, 0.3) is 5.78 Å². The summed E-state index contributed by atoms with van der Waals surface area (Å²) < 4.78 is 16.6. The van der Waals surface area contributed by atoms with E-state index < -0.39 is 23.7 Å². The van der Waals surface area contributed by atoms with Gasteiger partial charge in [-0.05, 0) is 73.4 Å². The number of rotatable bonds is 11. The maximum Gasteiger partial charge on any atom is 0.350 e. The number of aryl methyl sites for hydroxylation is 2. The van der Waals surface area contributed by atoms with Crippen LogP contribution in [0.4, 0.5) is 5.13 Å². The van der Waals surface area contributed by atoms with Crippen molar-refractivity contribution in [3.8, 4) is 11.5 Å². The number of nitrogens with zero attached hydrogens (tertiary/aromatic N) is 2. The molecule has 9 nitrogen and oxygen atoms in total. The van der Waals surface area contributed by atoms with Crippen molar-refractivity contribution in [3.05, 3.63) is 111 Å². The summed E-state index contributed by atoms with van der Waals surface area (Å²) in [5.74, 6) is -1.44. The van der Waals surface area contributed by atoms with E-state index in [0.717, 1.165) is 35.3 Å². The highest BCUT2D eigenvalue weighted by molar-refractivity contribution is 7.17. The molecule has 0 aliphatic carbocycles. The number of Topliss-reactive ketones (excluding diaryl/α,β-unsaturated/α-hetero) is 1. The Labute approximate surface area is 265 Å². The number of carbonyl (C=O) groups is 3. The van der Waals surface area contributed by atoms with Gasteiger partial charge in [-0.1, -0.05) is 61.1 Å². The molecule has 1 fully saturated rings. The van der Waals surface area contributed by atoms with Crippen molar-refractivity contribution in [2.45, 2.75) is 46.3 Å². The van der Waals surface area contributed by atoms with E-state index in [1.807, 2.05) is 31.2 Å². The van der Waals surface area contributed by atoms with E-state index in [4.69, 9.17) is 14.2 Å². The second-order valence-electron chi connectivity index (χ2n) is 10.6. The zero-order chi connectivity index (χ0) is 32.1. The zero-order valence-corrected chi connectivity index (χ0v) is 26.3. The Bertz CT molecular complexity index is 1740. The predicted molar refractivity (Wildman–Crippen MR) is 172 cm³/mol. The number of ether oxygens (including phenoxy) is 3. The summed E-state index contributed by atoms with van der Waals surface area (Å²) in [5.41, 5.74) is 3.34. The van der Waals surface area contributed by atoms with Gasteiger partial charge in [-0.15, -0.1) is 0 Å². The molecule has 2 heterocycles. The van der Waals surface area contributed by atoms with E-state index in [1.165, 1.54) is 12.0 Å². The maximum absolute atomic E-state index is 13.6. The molecule has 1 unspecified atom stereocenters. The minimum atomic E-state index is -1.01. The van der Waals surface area contributed by atoms with E-state index in [2.05, 4.69) is 11.9 Å². The number of thiazole rings is 1. The van der Waals surface area contributed by atoms with Crippen LogP contribution in [0.3, 0.4) is 0 Å². The summed E-state index contributed by atoms with van der Waals surface area (Å²) in [6, 6.07) is 20.6. The smallest absolute Gasteiger partial charge is 0.350 e. The summed E-state index contributed by atoms with van der Waals surface area (Å²) >= 11 is 0.948. The SMILES string of the molecule is CCCCOc1ccc(C2C(=C(O)c3ccc(OCc4ccccc4C)cc3)C(=O)C(=O)N2c2nc(C)c(C(=O)OC)s2)cc1. The first-order valence-corrected chi connectivity index (χ1v) is 15.4. The van der Waals surface area contributed by atoms with Crippen molar-refractivity contribution < 1.29 is 33.7 Å². The average molecular weight is 627 g/mol. The molecule has 1 aromatic heterocycles. The van der Waals surface area contributed by atoms with E-state index in [1.54, 1.807) is 55.5 Å². The van der Waals surface area contributed by atoms with Crippen molar-refractivity contribution in [1.29, 1.82) is 0 Å². The Kier molecular flexibility index (Phi) is 9.63. The fourth-order valence-corrected chi connectivity index (χ4v) is 6.00. The monoisotopic (exact) mass is 626 g/mol. The molecule has 1 atom stereocenters. The molecule has 1 saturated heterocycles. The van der Waals surface area contributed by atoms with Gasteiger partial charge in [0.2, 0.25) is 0 Å². The summed E-state index contributed by atoms with van der Waals surface area (Å²) in [6.07, 6.45) is 1.90. The van der Waals surface area contributed by atoms with E-state index >= 15 is 0 Å². The molecule has 1 N–H and O–H groups in total. The van der Waals surface area contributed by atoms with E-state index in [0.29, 0.717) is 41.5 Å². The van der Waals surface area contributed by atoms with Crippen LogP contribution in [0.1, 0.15) is 63.4 Å². The number of hydrogen-bond donors (Lipinski definition) is 1. The molecule has 1 aliphatic rings. The Balaban J connectivity index is 1.52. The third-order valence-electron chi connectivity index (χ3n) is 7.55. The second kappa shape index (κ2) is 13.8. The number of anilines is 1. The van der Waals surface area contributed by atoms with E-state index in [-0.39, 0.29) is 21.3 Å². The van der Waals surface area contributed by atoms with Crippen LogP contribution in [0.25, 0.3) is 5.76 Å². The number of aliphatic hydroxyl groups is 1. The van der Waals surface area contributed by atoms with Crippen LogP contribution in [0.15, 0.2) is 78.4 Å². The van der Waals surface area contributed by atoms with Crippen LogP contribution in [-0.4, -0.2) is 41.5 Å². The molecule has 4 aromatic rings. The molecule has 0 radical (unpaired) electrons. The van der Waals surface area contributed by atoms with Crippen molar-refractivity contribution >= 4 is 39.9 Å². The van der Waals surface area contributed by atoms with Gasteiger partial charge < -0.3 is 19.3 Å². The van der Waals surface area contributed by atoms with Crippen LogP contribution in [0.2, 0.25) is 0 Å². The second-order valence-corrected chi connectivity index (χ2v) is 11.6. The Hall–Kier alpha value is -4.96. The molecule has 45 heavy (non-hydrogen) atoms. The molecule has 1 amide bonds. The Morgan fingerprint density at radius 2 is 1.62 bits per heavy atom. The number of amides is 1. The molecule has 232 valence electrons. The number of methoxy groups -OCH3 is 1. The summed E-state index contributed by atoms with van der Waals surface area (Å²) in [4.78, 5) is 45.4.